The van der Waals surface area contributed by atoms with Crippen molar-refractivity contribution in [1.82, 2.24) is 24.2 Å². The standard InChI is InChI=1S/C17H21N5/c1-20-7-5-16(6-8-20)22-9-4-15-3-2-14(10-17(15)22)11-21-12-18-19-13-21/h2-4,9-10,12-13,16H,5-8,11H2,1H3. The predicted octanol–water partition coefficient (Wildman–Crippen LogP) is 2.55. The van der Waals surface area contributed by atoms with Gasteiger partial charge < -0.3 is 14.0 Å². The second-order valence-corrected chi connectivity index (χ2v) is 6.28. The molecule has 0 saturated carbocycles. The maximum absolute atomic E-state index is 3.87. The molecule has 5 heteroatoms. The normalized spacial score (nSPS) is 17.3. The third kappa shape index (κ3) is 2.52. The van der Waals surface area contributed by atoms with Gasteiger partial charge in [-0.2, -0.15) is 0 Å². The smallest absolute Gasteiger partial charge is 0.119 e. The number of nitrogens with zero attached hydrogens (tertiary/aromatic N) is 5. The Morgan fingerprint density at radius 2 is 1.86 bits per heavy atom. The van der Waals surface area contributed by atoms with Crippen molar-refractivity contribution < 1.29 is 0 Å². The summed E-state index contributed by atoms with van der Waals surface area (Å²) in [6.07, 6.45) is 8.25. The van der Waals surface area contributed by atoms with Crippen molar-refractivity contribution in [2.75, 3.05) is 20.1 Å². The maximum atomic E-state index is 3.87. The fourth-order valence-electron chi connectivity index (χ4n) is 3.40. The van der Waals surface area contributed by atoms with Crippen molar-refractivity contribution in [2.24, 2.45) is 0 Å². The second-order valence-electron chi connectivity index (χ2n) is 6.28. The van der Waals surface area contributed by atoms with Gasteiger partial charge >= 0.3 is 0 Å². The Morgan fingerprint density at radius 1 is 1.09 bits per heavy atom. The Hall–Kier alpha value is -2.14. The average Bonchev–Trinajstić information content (AvgIpc) is 3.17. The van der Waals surface area contributed by atoms with Gasteiger partial charge in [0.15, 0.2) is 0 Å². The van der Waals surface area contributed by atoms with Crippen LogP contribution in [0, 0.1) is 0 Å². The number of rotatable bonds is 3. The van der Waals surface area contributed by atoms with Crippen LogP contribution in [0.5, 0.6) is 0 Å². The van der Waals surface area contributed by atoms with Crippen molar-refractivity contribution in [3.8, 4) is 0 Å². The van der Waals surface area contributed by atoms with Crippen LogP contribution in [-0.4, -0.2) is 44.4 Å². The van der Waals surface area contributed by atoms with Crippen LogP contribution in [0.2, 0.25) is 0 Å². The zero-order valence-corrected chi connectivity index (χ0v) is 12.9. The molecule has 114 valence electrons. The van der Waals surface area contributed by atoms with Gasteiger partial charge in [-0.3, -0.25) is 0 Å². The Balaban J connectivity index is 1.64. The molecule has 22 heavy (non-hydrogen) atoms. The molecule has 1 aromatic carbocycles. The molecule has 0 aliphatic carbocycles. The topological polar surface area (TPSA) is 38.9 Å². The van der Waals surface area contributed by atoms with Crippen LogP contribution in [0.1, 0.15) is 24.4 Å². The molecule has 1 fully saturated rings. The fraction of sp³-hybridized carbons (Fsp3) is 0.412. The number of piperidine rings is 1. The summed E-state index contributed by atoms with van der Waals surface area (Å²) in [6, 6.07) is 9.59. The molecule has 0 radical (unpaired) electrons. The second kappa shape index (κ2) is 5.57. The lowest BCUT2D eigenvalue weighted by Gasteiger charge is -2.30. The first-order chi connectivity index (χ1) is 10.8. The third-order valence-corrected chi connectivity index (χ3v) is 4.70. The molecule has 1 aliphatic rings. The minimum atomic E-state index is 0.624. The first-order valence-corrected chi connectivity index (χ1v) is 7.90. The first kappa shape index (κ1) is 13.5. The molecule has 5 nitrogen and oxygen atoms in total. The monoisotopic (exact) mass is 295 g/mol. The van der Waals surface area contributed by atoms with E-state index in [0.717, 1.165) is 6.54 Å². The van der Waals surface area contributed by atoms with Gasteiger partial charge in [-0.1, -0.05) is 12.1 Å². The molecule has 0 bridgehead atoms. The van der Waals surface area contributed by atoms with Crippen molar-refractivity contribution >= 4 is 10.9 Å². The number of benzene rings is 1. The Kier molecular flexibility index (Phi) is 3.42. The van der Waals surface area contributed by atoms with Crippen LogP contribution in [0.3, 0.4) is 0 Å². The zero-order valence-electron chi connectivity index (χ0n) is 12.9. The Labute approximate surface area is 130 Å². The molecule has 3 aromatic rings. The van der Waals surface area contributed by atoms with E-state index in [0.29, 0.717) is 6.04 Å². The van der Waals surface area contributed by atoms with Crippen molar-refractivity contribution in [3.63, 3.8) is 0 Å². The van der Waals surface area contributed by atoms with E-state index in [1.54, 1.807) is 12.7 Å². The van der Waals surface area contributed by atoms with Gasteiger partial charge in [-0.25, -0.2) is 0 Å². The van der Waals surface area contributed by atoms with E-state index in [1.165, 1.54) is 42.4 Å². The van der Waals surface area contributed by atoms with Gasteiger partial charge in [0, 0.05) is 17.8 Å². The van der Waals surface area contributed by atoms with Crippen LogP contribution in [0.25, 0.3) is 10.9 Å². The minimum absolute atomic E-state index is 0.624. The molecule has 0 unspecified atom stereocenters. The number of hydrogen-bond acceptors (Lipinski definition) is 3. The van der Waals surface area contributed by atoms with Gasteiger partial charge in [-0.05, 0) is 56.1 Å². The molecule has 0 atom stereocenters. The maximum Gasteiger partial charge on any atom is 0.119 e. The van der Waals surface area contributed by atoms with Gasteiger partial charge in [0.05, 0.1) is 6.54 Å². The summed E-state index contributed by atoms with van der Waals surface area (Å²) in [5.41, 5.74) is 2.64. The highest BCUT2D eigenvalue weighted by atomic mass is 15.2. The van der Waals surface area contributed by atoms with Crippen LogP contribution < -0.4 is 0 Å². The van der Waals surface area contributed by atoms with E-state index in [4.69, 9.17) is 0 Å². The Morgan fingerprint density at radius 3 is 2.64 bits per heavy atom. The number of aromatic nitrogens is 4. The largest absolute Gasteiger partial charge is 0.344 e. The SMILES string of the molecule is CN1CCC(n2ccc3ccc(Cn4cnnc4)cc32)CC1. The molecule has 0 amide bonds. The summed E-state index contributed by atoms with van der Waals surface area (Å²) in [5.74, 6) is 0. The number of likely N-dealkylation sites (tertiary alicyclic amines) is 1. The van der Waals surface area contributed by atoms with Crippen LogP contribution in [0.15, 0.2) is 43.1 Å². The van der Waals surface area contributed by atoms with E-state index in [9.17, 15) is 0 Å². The number of fused-ring (bicyclic) bond motifs is 1. The molecule has 1 saturated heterocycles. The zero-order chi connectivity index (χ0) is 14.9. The molecule has 4 rings (SSSR count). The lowest BCUT2D eigenvalue weighted by Crippen LogP contribution is -2.31. The molecule has 1 aliphatic heterocycles. The van der Waals surface area contributed by atoms with Crippen molar-refractivity contribution in [1.29, 1.82) is 0 Å². The van der Waals surface area contributed by atoms with Gasteiger partial charge in [0.1, 0.15) is 12.7 Å². The highest BCUT2D eigenvalue weighted by Gasteiger charge is 2.19. The first-order valence-electron chi connectivity index (χ1n) is 7.90. The van der Waals surface area contributed by atoms with Crippen molar-refractivity contribution in [2.45, 2.75) is 25.4 Å². The predicted molar refractivity (Wildman–Crippen MR) is 86.8 cm³/mol. The summed E-state index contributed by atoms with van der Waals surface area (Å²) in [7, 11) is 2.21. The summed E-state index contributed by atoms with van der Waals surface area (Å²) in [4.78, 5) is 2.42. The number of hydrogen-bond donors (Lipinski definition) is 0. The summed E-state index contributed by atoms with van der Waals surface area (Å²) in [6.45, 7) is 3.19. The minimum Gasteiger partial charge on any atom is -0.344 e. The summed E-state index contributed by atoms with van der Waals surface area (Å²) < 4.78 is 4.47. The fourth-order valence-corrected chi connectivity index (χ4v) is 3.40. The molecular weight excluding hydrogens is 274 g/mol. The van der Waals surface area contributed by atoms with Crippen molar-refractivity contribution in [3.05, 3.63) is 48.7 Å². The molecule has 2 aromatic heterocycles. The van der Waals surface area contributed by atoms with E-state index in [-0.39, 0.29) is 0 Å². The molecule has 0 N–H and O–H groups in total. The van der Waals surface area contributed by atoms with Crippen LogP contribution >= 0.6 is 0 Å². The molecule has 0 spiro atoms. The summed E-state index contributed by atoms with van der Waals surface area (Å²) >= 11 is 0. The average molecular weight is 295 g/mol. The van der Waals surface area contributed by atoms with Gasteiger partial charge in [-0.15, -0.1) is 10.2 Å². The van der Waals surface area contributed by atoms with E-state index in [2.05, 4.69) is 57.2 Å². The third-order valence-electron chi connectivity index (χ3n) is 4.70. The van der Waals surface area contributed by atoms with E-state index in [1.807, 2.05) is 4.57 Å². The Bertz CT molecular complexity index is 751. The summed E-state index contributed by atoms with van der Waals surface area (Å²) in [5, 5.41) is 9.07. The van der Waals surface area contributed by atoms with Gasteiger partial charge in [0.25, 0.3) is 0 Å². The van der Waals surface area contributed by atoms with E-state index >= 15 is 0 Å². The van der Waals surface area contributed by atoms with Crippen LogP contribution in [-0.2, 0) is 6.54 Å². The van der Waals surface area contributed by atoms with Gasteiger partial charge in [0.2, 0.25) is 0 Å². The lowest BCUT2D eigenvalue weighted by atomic mass is 10.0. The quantitative estimate of drug-likeness (QED) is 0.745. The van der Waals surface area contributed by atoms with E-state index < -0.39 is 0 Å². The highest BCUT2D eigenvalue weighted by molar-refractivity contribution is 5.81. The lowest BCUT2D eigenvalue weighted by molar-refractivity contribution is 0.224. The molecular formula is C17H21N5. The van der Waals surface area contributed by atoms with Crippen LogP contribution in [0.4, 0.5) is 0 Å². The highest BCUT2D eigenvalue weighted by Crippen LogP contribution is 2.28. The molecule has 3 heterocycles.